The van der Waals surface area contributed by atoms with Gasteiger partial charge in [-0.1, -0.05) is 68.4 Å². The smallest absolute Gasteiger partial charge is 0.191 e. The van der Waals surface area contributed by atoms with E-state index in [4.69, 9.17) is 9.15 Å². The maximum Gasteiger partial charge on any atom is 0.191 e. The lowest BCUT2D eigenvalue weighted by molar-refractivity contribution is 0.197. The molecule has 3 aromatic rings. The molecule has 0 aliphatic heterocycles. The minimum absolute atomic E-state index is 0.208. The Morgan fingerprint density at radius 2 is 1.57 bits per heavy atom. The Hall–Kier alpha value is -2.44. The van der Waals surface area contributed by atoms with Gasteiger partial charge in [0.15, 0.2) is 9.84 Å². The van der Waals surface area contributed by atoms with Gasteiger partial charge in [-0.3, -0.25) is 0 Å². The quantitative estimate of drug-likeness (QED) is 0.182. The fourth-order valence-corrected chi connectivity index (χ4v) is 6.92. The first-order valence-corrected chi connectivity index (χ1v) is 14.4. The van der Waals surface area contributed by atoms with E-state index in [0.29, 0.717) is 30.1 Å². The number of hydrogen-bond acceptors (Lipinski definition) is 5. The number of hydrogen-bond donors (Lipinski definition) is 0. The van der Waals surface area contributed by atoms with Crippen molar-refractivity contribution in [3.05, 3.63) is 95.5 Å². The van der Waals surface area contributed by atoms with Crippen LogP contribution in [0, 0.1) is 6.92 Å². The van der Waals surface area contributed by atoms with Gasteiger partial charge in [0.25, 0.3) is 0 Å². The minimum Gasteiger partial charge on any atom is -0.496 e. The third-order valence-corrected chi connectivity index (χ3v) is 9.74. The molecule has 0 N–H and O–H groups in total. The molecule has 0 bridgehead atoms. The maximum atomic E-state index is 14.1. The molecule has 0 amide bonds. The van der Waals surface area contributed by atoms with E-state index in [-0.39, 0.29) is 5.41 Å². The highest BCUT2D eigenvalue weighted by Gasteiger charge is 2.45. The molecular weight excluding hydrogens is 476 g/mol. The maximum absolute atomic E-state index is 14.1. The molecular formula is C29H36O4S2. The van der Waals surface area contributed by atoms with Gasteiger partial charge in [0.2, 0.25) is 0 Å². The first-order valence-electron chi connectivity index (χ1n) is 12.0. The predicted molar refractivity (Wildman–Crippen MR) is 144 cm³/mol. The molecule has 35 heavy (non-hydrogen) atoms. The highest BCUT2D eigenvalue weighted by molar-refractivity contribution is 8.02. The second kappa shape index (κ2) is 11.5. The minimum atomic E-state index is -3.73. The third-order valence-electron chi connectivity index (χ3n) is 6.38. The van der Waals surface area contributed by atoms with Crippen molar-refractivity contribution >= 4 is 21.6 Å². The molecule has 1 heterocycles. The van der Waals surface area contributed by atoms with Gasteiger partial charge in [-0.15, -0.1) is 0 Å². The monoisotopic (exact) mass is 512 g/mol. The number of rotatable bonds is 12. The Morgan fingerprint density at radius 1 is 0.943 bits per heavy atom. The fourth-order valence-electron chi connectivity index (χ4n) is 4.13. The molecule has 0 aliphatic carbocycles. The fraction of sp³-hybridized carbons (Fsp3) is 0.379. The van der Waals surface area contributed by atoms with E-state index >= 15 is 0 Å². The highest BCUT2D eigenvalue weighted by atomic mass is 32.2. The van der Waals surface area contributed by atoms with Gasteiger partial charge in [0, 0.05) is 15.7 Å². The number of benzene rings is 2. The van der Waals surface area contributed by atoms with Crippen LogP contribution in [0.3, 0.4) is 0 Å². The Morgan fingerprint density at radius 3 is 2.14 bits per heavy atom. The van der Waals surface area contributed by atoms with Gasteiger partial charge < -0.3 is 9.15 Å². The van der Waals surface area contributed by atoms with Crippen molar-refractivity contribution in [1.29, 1.82) is 0 Å². The van der Waals surface area contributed by atoms with Crippen LogP contribution >= 0.6 is 11.8 Å². The summed E-state index contributed by atoms with van der Waals surface area (Å²) in [5.74, 6) is 2.27. The first-order chi connectivity index (χ1) is 16.6. The van der Waals surface area contributed by atoms with E-state index in [2.05, 4.69) is 13.8 Å². The molecule has 2 aromatic carbocycles. The van der Waals surface area contributed by atoms with Crippen LogP contribution < -0.4 is 0 Å². The first kappa shape index (κ1) is 27.2. The lowest BCUT2D eigenvalue weighted by Gasteiger charge is -2.33. The summed E-state index contributed by atoms with van der Waals surface area (Å²) in [6.45, 7) is 10.3. The van der Waals surface area contributed by atoms with Crippen molar-refractivity contribution in [3.63, 3.8) is 0 Å². The van der Waals surface area contributed by atoms with Crippen molar-refractivity contribution in [2.45, 2.75) is 73.8 Å². The van der Waals surface area contributed by atoms with Gasteiger partial charge in [0.05, 0.1) is 11.5 Å². The van der Waals surface area contributed by atoms with E-state index in [0.717, 1.165) is 22.8 Å². The molecule has 1 aromatic heterocycles. The summed E-state index contributed by atoms with van der Waals surface area (Å²) in [5, 5.41) is 1.86. The Labute approximate surface area is 214 Å². The average molecular weight is 513 g/mol. The summed E-state index contributed by atoms with van der Waals surface area (Å²) in [6.07, 6.45) is 1.90. The standard InChI is InChI=1S/C29H36O4S2/c1-6-32-27(22-34-24-14-9-7-10-15-24)29(5,35(30,31)25-16-11-8-12-17-25)21-13-20-28(3,4)26-19-18-23(2)33-26/h7-12,14-19,22H,6,13,20-21H2,1-5H3/b27-22+. The largest absolute Gasteiger partial charge is 0.496 e. The number of thioether (sulfide) groups is 1. The Bertz CT molecular complexity index is 1210. The average Bonchev–Trinajstić information content (AvgIpc) is 3.30. The zero-order valence-electron chi connectivity index (χ0n) is 21.3. The second-order valence-corrected chi connectivity index (χ2v) is 12.9. The molecule has 0 saturated heterocycles. The summed E-state index contributed by atoms with van der Waals surface area (Å²) in [6, 6.07) is 22.6. The topological polar surface area (TPSA) is 56.5 Å². The molecule has 0 saturated carbocycles. The summed E-state index contributed by atoms with van der Waals surface area (Å²) in [7, 11) is -3.73. The van der Waals surface area contributed by atoms with Crippen LogP contribution in [-0.4, -0.2) is 19.8 Å². The predicted octanol–water partition coefficient (Wildman–Crippen LogP) is 7.94. The SMILES string of the molecule is CCO/C(=C/Sc1ccccc1)C(C)(CCCC(C)(C)c1ccc(C)o1)S(=O)(=O)c1ccccc1. The van der Waals surface area contributed by atoms with Crippen molar-refractivity contribution in [2.75, 3.05) is 6.61 Å². The Balaban J connectivity index is 1.95. The molecule has 188 valence electrons. The van der Waals surface area contributed by atoms with Gasteiger partial charge in [0.1, 0.15) is 22.0 Å². The number of furan rings is 1. The lowest BCUT2D eigenvalue weighted by atomic mass is 9.83. The van der Waals surface area contributed by atoms with E-state index in [9.17, 15) is 8.42 Å². The van der Waals surface area contributed by atoms with E-state index in [1.165, 1.54) is 11.8 Å². The number of aryl methyl sites for hydroxylation is 1. The second-order valence-electron chi connectivity index (χ2n) is 9.54. The van der Waals surface area contributed by atoms with Gasteiger partial charge >= 0.3 is 0 Å². The van der Waals surface area contributed by atoms with Crippen LogP contribution in [0.5, 0.6) is 0 Å². The number of sulfone groups is 1. The summed E-state index contributed by atoms with van der Waals surface area (Å²) in [4.78, 5) is 1.33. The van der Waals surface area contributed by atoms with Crippen LogP contribution in [-0.2, 0) is 20.0 Å². The zero-order chi connectivity index (χ0) is 25.5. The summed E-state index contributed by atoms with van der Waals surface area (Å²) >= 11 is 1.48. The number of ether oxygens (including phenoxy) is 1. The van der Waals surface area contributed by atoms with Crippen LogP contribution in [0.2, 0.25) is 0 Å². The van der Waals surface area contributed by atoms with E-state index in [1.54, 1.807) is 31.2 Å². The van der Waals surface area contributed by atoms with Crippen molar-refractivity contribution in [1.82, 2.24) is 0 Å². The summed E-state index contributed by atoms with van der Waals surface area (Å²) < 4.78 is 38.8. The van der Waals surface area contributed by atoms with Gasteiger partial charge in [-0.2, -0.15) is 0 Å². The van der Waals surface area contributed by atoms with Crippen LogP contribution in [0.1, 0.15) is 58.5 Å². The molecule has 1 atom stereocenters. The van der Waals surface area contributed by atoms with Gasteiger partial charge in [-0.25, -0.2) is 8.42 Å². The molecule has 3 rings (SSSR count). The van der Waals surface area contributed by atoms with Gasteiger partial charge in [-0.05, 0) is 70.0 Å². The van der Waals surface area contributed by atoms with Crippen LogP contribution in [0.25, 0.3) is 0 Å². The molecule has 1 unspecified atom stereocenters. The zero-order valence-corrected chi connectivity index (χ0v) is 22.9. The van der Waals surface area contributed by atoms with Crippen molar-refractivity contribution in [3.8, 4) is 0 Å². The molecule has 0 fully saturated rings. The van der Waals surface area contributed by atoms with Crippen LogP contribution in [0.15, 0.2) is 98.2 Å². The molecule has 0 spiro atoms. The van der Waals surface area contributed by atoms with E-state index in [1.807, 2.05) is 67.8 Å². The molecule has 0 radical (unpaired) electrons. The normalized spacial score (nSPS) is 14.5. The Kier molecular flexibility index (Phi) is 8.94. The van der Waals surface area contributed by atoms with Crippen molar-refractivity contribution < 1.29 is 17.6 Å². The molecule has 6 heteroatoms. The highest BCUT2D eigenvalue weighted by Crippen LogP contribution is 2.41. The molecule has 0 aliphatic rings. The van der Waals surface area contributed by atoms with Crippen LogP contribution in [0.4, 0.5) is 0 Å². The third kappa shape index (κ3) is 6.42. The summed E-state index contributed by atoms with van der Waals surface area (Å²) in [5.41, 5.74) is -0.208. The lowest BCUT2D eigenvalue weighted by Crippen LogP contribution is -2.39. The molecule has 4 nitrogen and oxygen atoms in total. The van der Waals surface area contributed by atoms with E-state index < -0.39 is 14.6 Å². The van der Waals surface area contributed by atoms with Crippen molar-refractivity contribution in [2.24, 2.45) is 0 Å².